The van der Waals surface area contributed by atoms with E-state index in [0.29, 0.717) is 5.02 Å². The monoisotopic (exact) mass is 288 g/mol. The Morgan fingerprint density at radius 3 is 2.70 bits per heavy atom. The Morgan fingerprint density at radius 1 is 1.25 bits per heavy atom. The number of phenols is 2. The topological polar surface area (TPSA) is 93.4 Å². The molecule has 100 valence electrons. The van der Waals surface area contributed by atoms with E-state index in [1.807, 2.05) is 6.07 Å². The van der Waals surface area contributed by atoms with Crippen molar-refractivity contribution in [2.24, 2.45) is 0 Å². The van der Waals surface area contributed by atoms with E-state index >= 15 is 0 Å². The van der Waals surface area contributed by atoms with E-state index < -0.39 is 17.4 Å². The summed E-state index contributed by atoms with van der Waals surface area (Å²) in [6.45, 7) is 0. The molecule has 20 heavy (non-hydrogen) atoms. The molecule has 0 aliphatic carbocycles. The number of hydrogen-bond donors (Lipinski definition) is 3. The third kappa shape index (κ3) is 2.66. The molecule has 5 nitrogen and oxygen atoms in total. The number of rotatable bonds is 2. The molecule has 0 heterocycles. The summed E-state index contributed by atoms with van der Waals surface area (Å²) in [6.07, 6.45) is 0. The van der Waals surface area contributed by atoms with Crippen molar-refractivity contribution < 1.29 is 15.0 Å². The minimum Gasteiger partial charge on any atom is -0.504 e. The summed E-state index contributed by atoms with van der Waals surface area (Å²) in [6, 6.07) is 10.4. The molecule has 0 aliphatic rings. The third-order valence-electron chi connectivity index (χ3n) is 2.61. The number of hydrogen-bond acceptors (Lipinski definition) is 4. The maximum absolute atomic E-state index is 12.0. The molecule has 0 bridgehead atoms. The van der Waals surface area contributed by atoms with Crippen LogP contribution in [0.25, 0.3) is 0 Å². The first-order chi connectivity index (χ1) is 9.52. The highest BCUT2D eigenvalue weighted by atomic mass is 35.5. The average Bonchev–Trinajstić information content (AvgIpc) is 2.42. The summed E-state index contributed by atoms with van der Waals surface area (Å²) in [5.41, 5.74) is 0.365. The number of anilines is 1. The Bertz CT molecular complexity index is 723. The maximum Gasteiger partial charge on any atom is 0.259 e. The molecule has 0 unspecified atom stereocenters. The van der Waals surface area contributed by atoms with Crippen molar-refractivity contribution in [1.82, 2.24) is 0 Å². The number of carbonyl (C=O) groups is 1. The number of nitrogens with one attached hydrogen (secondary N) is 1. The first kappa shape index (κ1) is 13.7. The normalized spacial score (nSPS) is 9.80. The summed E-state index contributed by atoms with van der Waals surface area (Å²) in [4.78, 5) is 12.0. The van der Waals surface area contributed by atoms with Crippen LogP contribution >= 0.6 is 11.6 Å². The molecule has 0 atom stereocenters. The first-order valence-corrected chi connectivity index (χ1v) is 5.92. The van der Waals surface area contributed by atoms with Crippen LogP contribution in [0.5, 0.6) is 11.5 Å². The van der Waals surface area contributed by atoms with Crippen LogP contribution in [-0.2, 0) is 0 Å². The van der Waals surface area contributed by atoms with Gasteiger partial charge in [-0.15, -0.1) is 0 Å². The number of aromatic hydroxyl groups is 2. The van der Waals surface area contributed by atoms with Gasteiger partial charge in [-0.05, 0) is 30.3 Å². The second-order valence-electron chi connectivity index (χ2n) is 3.93. The minimum absolute atomic E-state index is 0.103. The number of carbonyl (C=O) groups excluding carboxylic acids is 1. The zero-order chi connectivity index (χ0) is 14.7. The SMILES string of the molecule is N#Cc1ccc(Cl)cc1NC(=O)c1cccc(O)c1O. The fourth-order valence-corrected chi connectivity index (χ4v) is 1.79. The molecule has 0 saturated carbocycles. The van der Waals surface area contributed by atoms with Crippen LogP contribution in [0.4, 0.5) is 5.69 Å². The van der Waals surface area contributed by atoms with Crippen molar-refractivity contribution in [3.63, 3.8) is 0 Å². The van der Waals surface area contributed by atoms with Gasteiger partial charge in [0.15, 0.2) is 11.5 Å². The van der Waals surface area contributed by atoms with Gasteiger partial charge in [-0.1, -0.05) is 17.7 Å². The quantitative estimate of drug-likeness (QED) is 0.741. The van der Waals surface area contributed by atoms with Crippen molar-refractivity contribution in [2.45, 2.75) is 0 Å². The Morgan fingerprint density at radius 2 is 2.00 bits per heavy atom. The molecule has 2 aromatic rings. The smallest absolute Gasteiger partial charge is 0.259 e. The van der Waals surface area contributed by atoms with Crippen LogP contribution in [0, 0.1) is 11.3 Å². The molecular weight excluding hydrogens is 280 g/mol. The van der Waals surface area contributed by atoms with Gasteiger partial charge in [-0.25, -0.2) is 0 Å². The number of nitrogens with zero attached hydrogens (tertiary/aromatic N) is 1. The molecule has 1 amide bonds. The largest absolute Gasteiger partial charge is 0.504 e. The molecule has 2 rings (SSSR count). The lowest BCUT2D eigenvalue weighted by molar-refractivity contribution is 0.102. The summed E-state index contributed by atoms with van der Waals surface area (Å²) in [7, 11) is 0. The Hall–Kier alpha value is -2.71. The van der Waals surface area contributed by atoms with E-state index in [0.717, 1.165) is 0 Å². The highest BCUT2D eigenvalue weighted by molar-refractivity contribution is 6.31. The van der Waals surface area contributed by atoms with Crippen LogP contribution in [0.2, 0.25) is 5.02 Å². The lowest BCUT2D eigenvalue weighted by Crippen LogP contribution is -2.13. The number of phenolic OH excluding ortho intramolecular Hbond substituents is 2. The van der Waals surface area contributed by atoms with Crippen molar-refractivity contribution in [3.05, 3.63) is 52.5 Å². The van der Waals surface area contributed by atoms with Crippen LogP contribution in [-0.4, -0.2) is 16.1 Å². The highest BCUT2D eigenvalue weighted by Crippen LogP contribution is 2.29. The summed E-state index contributed by atoms with van der Waals surface area (Å²) in [5, 5.41) is 30.8. The van der Waals surface area contributed by atoms with Crippen molar-refractivity contribution >= 4 is 23.2 Å². The molecule has 0 saturated heterocycles. The molecular formula is C14H9ClN2O3. The summed E-state index contributed by atoms with van der Waals surface area (Å²) >= 11 is 5.81. The number of nitriles is 1. The van der Waals surface area contributed by atoms with E-state index in [4.69, 9.17) is 16.9 Å². The van der Waals surface area contributed by atoms with Gasteiger partial charge in [0.25, 0.3) is 5.91 Å². The minimum atomic E-state index is -0.655. The van der Waals surface area contributed by atoms with Crippen molar-refractivity contribution in [2.75, 3.05) is 5.32 Å². The van der Waals surface area contributed by atoms with E-state index in [2.05, 4.69) is 5.32 Å². The van der Waals surface area contributed by atoms with Gasteiger partial charge in [0.05, 0.1) is 16.8 Å². The first-order valence-electron chi connectivity index (χ1n) is 5.55. The predicted molar refractivity (Wildman–Crippen MR) is 73.9 cm³/mol. The lowest BCUT2D eigenvalue weighted by atomic mass is 10.1. The number of halogens is 1. The van der Waals surface area contributed by atoms with Gasteiger partial charge in [0, 0.05) is 5.02 Å². The third-order valence-corrected chi connectivity index (χ3v) is 2.84. The molecule has 0 radical (unpaired) electrons. The van der Waals surface area contributed by atoms with Gasteiger partial charge < -0.3 is 15.5 Å². The second-order valence-corrected chi connectivity index (χ2v) is 4.37. The molecule has 6 heteroatoms. The molecule has 0 fully saturated rings. The standard InChI is InChI=1S/C14H9ClN2O3/c15-9-5-4-8(7-16)11(6-9)17-14(20)10-2-1-3-12(18)13(10)19/h1-6,18-19H,(H,17,20). The average molecular weight is 289 g/mol. The fourth-order valence-electron chi connectivity index (χ4n) is 1.62. The highest BCUT2D eigenvalue weighted by Gasteiger charge is 2.15. The predicted octanol–water partition coefficient (Wildman–Crippen LogP) is 2.88. The van der Waals surface area contributed by atoms with Crippen molar-refractivity contribution in [1.29, 1.82) is 5.26 Å². The number of benzene rings is 2. The van der Waals surface area contributed by atoms with Crippen LogP contribution in [0.3, 0.4) is 0 Å². The Kier molecular flexibility index (Phi) is 3.78. The molecule has 0 aliphatic heterocycles. The van der Waals surface area contributed by atoms with Crippen molar-refractivity contribution in [3.8, 4) is 17.6 Å². The van der Waals surface area contributed by atoms with E-state index in [-0.39, 0.29) is 16.8 Å². The fraction of sp³-hybridized carbons (Fsp3) is 0. The van der Waals surface area contributed by atoms with Gasteiger partial charge in [0.2, 0.25) is 0 Å². The van der Waals surface area contributed by atoms with E-state index in [9.17, 15) is 15.0 Å². The van der Waals surface area contributed by atoms with E-state index in [1.165, 1.54) is 36.4 Å². The summed E-state index contributed by atoms with van der Waals surface area (Å²) < 4.78 is 0. The Labute approximate surface area is 119 Å². The maximum atomic E-state index is 12.0. The van der Waals surface area contributed by atoms with Gasteiger partial charge in [0.1, 0.15) is 6.07 Å². The van der Waals surface area contributed by atoms with Crippen LogP contribution in [0.15, 0.2) is 36.4 Å². The van der Waals surface area contributed by atoms with Crippen LogP contribution < -0.4 is 5.32 Å². The van der Waals surface area contributed by atoms with Gasteiger partial charge in [-0.3, -0.25) is 4.79 Å². The zero-order valence-electron chi connectivity index (χ0n) is 10.1. The second kappa shape index (κ2) is 5.51. The number of para-hydroxylation sites is 1. The lowest BCUT2D eigenvalue weighted by Gasteiger charge is -2.09. The van der Waals surface area contributed by atoms with Gasteiger partial charge >= 0.3 is 0 Å². The molecule has 3 N–H and O–H groups in total. The summed E-state index contributed by atoms with van der Waals surface area (Å²) in [5.74, 6) is -1.58. The molecule has 0 spiro atoms. The van der Waals surface area contributed by atoms with E-state index in [1.54, 1.807) is 0 Å². The van der Waals surface area contributed by atoms with Crippen LogP contribution in [0.1, 0.15) is 15.9 Å². The molecule has 2 aromatic carbocycles. The Balaban J connectivity index is 2.35. The zero-order valence-corrected chi connectivity index (χ0v) is 10.8. The number of amides is 1. The molecule has 0 aromatic heterocycles. The van der Waals surface area contributed by atoms with Gasteiger partial charge in [-0.2, -0.15) is 5.26 Å².